The second-order valence-corrected chi connectivity index (χ2v) is 5.69. The molecular weight excluding hydrogens is 268 g/mol. The fourth-order valence-corrected chi connectivity index (χ4v) is 2.84. The quantitative estimate of drug-likeness (QED) is 0.864. The molecule has 2 aliphatic rings. The zero-order valence-corrected chi connectivity index (χ0v) is 12.3. The van der Waals surface area contributed by atoms with Crippen LogP contribution in [0.4, 0.5) is 11.5 Å². The molecule has 2 unspecified atom stereocenters. The van der Waals surface area contributed by atoms with Gasteiger partial charge in [0, 0.05) is 13.1 Å². The number of rotatable bonds is 3. The number of ether oxygens (including phenoxy) is 1. The van der Waals surface area contributed by atoms with Crippen molar-refractivity contribution in [1.82, 2.24) is 10.3 Å². The summed E-state index contributed by atoms with van der Waals surface area (Å²) in [7, 11) is 0. The molecule has 2 N–H and O–H groups in total. The van der Waals surface area contributed by atoms with Crippen LogP contribution in [0.3, 0.4) is 0 Å². The highest BCUT2D eigenvalue weighted by atomic mass is 16.5. The van der Waals surface area contributed by atoms with Crippen LogP contribution in [0, 0.1) is 5.92 Å². The van der Waals surface area contributed by atoms with Crippen LogP contribution in [0.5, 0.6) is 0 Å². The zero-order chi connectivity index (χ0) is 14.7. The first-order chi connectivity index (χ1) is 10.2. The average molecular weight is 290 g/mol. The molecule has 21 heavy (non-hydrogen) atoms. The molecule has 0 spiro atoms. The van der Waals surface area contributed by atoms with E-state index < -0.39 is 0 Å². The Hall–Kier alpha value is -1.66. The highest BCUT2D eigenvalue weighted by Crippen LogP contribution is 2.18. The summed E-state index contributed by atoms with van der Waals surface area (Å²) < 4.78 is 5.33. The first-order valence-corrected chi connectivity index (χ1v) is 7.57. The van der Waals surface area contributed by atoms with E-state index in [4.69, 9.17) is 4.74 Å². The standard InChI is InChI=1S/C15H22N4O2/c1-11-4-5-16-14(11)15(20)18-12-2-3-13(17-10-12)19-6-8-21-9-7-19/h2-3,10-11,14,16H,4-9H2,1H3,(H,18,20). The van der Waals surface area contributed by atoms with Gasteiger partial charge in [0.1, 0.15) is 5.82 Å². The third-order valence-electron chi connectivity index (χ3n) is 4.17. The van der Waals surface area contributed by atoms with Crippen LogP contribution < -0.4 is 15.5 Å². The molecule has 1 amide bonds. The Kier molecular flexibility index (Phi) is 4.36. The van der Waals surface area contributed by atoms with Crippen molar-refractivity contribution >= 4 is 17.4 Å². The number of hydrogen-bond donors (Lipinski definition) is 2. The van der Waals surface area contributed by atoms with Gasteiger partial charge in [0.15, 0.2) is 0 Å². The molecule has 0 aliphatic carbocycles. The molecule has 1 aromatic rings. The van der Waals surface area contributed by atoms with Gasteiger partial charge in [-0.2, -0.15) is 0 Å². The topological polar surface area (TPSA) is 66.5 Å². The Morgan fingerprint density at radius 3 is 2.86 bits per heavy atom. The minimum Gasteiger partial charge on any atom is -0.378 e. The largest absolute Gasteiger partial charge is 0.378 e. The Morgan fingerprint density at radius 1 is 1.43 bits per heavy atom. The second kappa shape index (κ2) is 6.41. The number of aromatic nitrogens is 1. The third-order valence-corrected chi connectivity index (χ3v) is 4.17. The van der Waals surface area contributed by atoms with Crippen LogP contribution in [0.2, 0.25) is 0 Å². The van der Waals surface area contributed by atoms with Crippen molar-refractivity contribution in [3.8, 4) is 0 Å². The molecule has 2 fully saturated rings. The molecule has 0 bridgehead atoms. The van der Waals surface area contributed by atoms with Gasteiger partial charge in [-0.05, 0) is 31.0 Å². The van der Waals surface area contributed by atoms with Gasteiger partial charge in [0.25, 0.3) is 0 Å². The van der Waals surface area contributed by atoms with Crippen molar-refractivity contribution in [1.29, 1.82) is 0 Å². The van der Waals surface area contributed by atoms with Gasteiger partial charge in [-0.15, -0.1) is 0 Å². The van der Waals surface area contributed by atoms with Crippen LogP contribution in [0.1, 0.15) is 13.3 Å². The summed E-state index contributed by atoms with van der Waals surface area (Å²) in [5.74, 6) is 1.34. The maximum atomic E-state index is 12.2. The number of hydrogen-bond acceptors (Lipinski definition) is 5. The number of anilines is 2. The maximum absolute atomic E-state index is 12.2. The highest BCUT2D eigenvalue weighted by molar-refractivity contribution is 5.95. The van der Waals surface area contributed by atoms with E-state index in [-0.39, 0.29) is 11.9 Å². The van der Waals surface area contributed by atoms with Gasteiger partial charge in [-0.1, -0.05) is 6.92 Å². The predicted octanol–water partition coefficient (Wildman–Crippen LogP) is 0.855. The SMILES string of the molecule is CC1CCNC1C(=O)Nc1ccc(N2CCOCC2)nc1. The molecule has 6 nitrogen and oxygen atoms in total. The van der Waals surface area contributed by atoms with E-state index in [9.17, 15) is 4.79 Å². The molecule has 114 valence electrons. The van der Waals surface area contributed by atoms with E-state index in [2.05, 4.69) is 27.4 Å². The smallest absolute Gasteiger partial charge is 0.241 e. The number of amides is 1. The number of nitrogens with one attached hydrogen (secondary N) is 2. The fraction of sp³-hybridized carbons (Fsp3) is 0.600. The Labute approximate surface area is 124 Å². The van der Waals surface area contributed by atoms with Crippen LogP contribution in [0.25, 0.3) is 0 Å². The van der Waals surface area contributed by atoms with Crippen molar-refractivity contribution in [2.24, 2.45) is 5.92 Å². The van der Waals surface area contributed by atoms with Crippen LogP contribution in [0.15, 0.2) is 18.3 Å². The van der Waals surface area contributed by atoms with Crippen molar-refractivity contribution in [2.45, 2.75) is 19.4 Å². The summed E-state index contributed by atoms with van der Waals surface area (Å²) in [6.07, 6.45) is 2.77. The van der Waals surface area contributed by atoms with Crippen molar-refractivity contribution < 1.29 is 9.53 Å². The number of nitrogens with zero attached hydrogens (tertiary/aromatic N) is 2. The molecule has 2 saturated heterocycles. The average Bonchev–Trinajstić information content (AvgIpc) is 2.95. The molecule has 2 atom stereocenters. The van der Waals surface area contributed by atoms with Crippen molar-refractivity contribution in [3.63, 3.8) is 0 Å². The summed E-state index contributed by atoms with van der Waals surface area (Å²) in [6.45, 7) is 6.22. The molecular formula is C15H22N4O2. The predicted molar refractivity (Wildman–Crippen MR) is 81.5 cm³/mol. The van der Waals surface area contributed by atoms with E-state index in [0.717, 1.165) is 50.8 Å². The Bertz CT molecular complexity index is 485. The number of pyridine rings is 1. The van der Waals surface area contributed by atoms with E-state index in [1.807, 2.05) is 12.1 Å². The van der Waals surface area contributed by atoms with Crippen LogP contribution in [-0.4, -0.2) is 49.8 Å². The van der Waals surface area contributed by atoms with Gasteiger partial charge < -0.3 is 20.3 Å². The highest BCUT2D eigenvalue weighted by Gasteiger charge is 2.29. The molecule has 2 aliphatic heterocycles. The molecule has 0 saturated carbocycles. The summed E-state index contributed by atoms with van der Waals surface area (Å²) in [4.78, 5) is 18.8. The molecule has 1 aromatic heterocycles. The van der Waals surface area contributed by atoms with Gasteiger partial charge >= 0.3 is 0 Å². The zero-order valence-electron chi connectivity index (χ0n) is 12.3. The molecule has 6 heteroatoms. The Morgan fingerprint density at radius 2 is 2.24 bits per heavy atom. The van der Waals surface area contributed by atoms with Gasteiger partial charge in [-0.25, -0.2) is 4.98 Å². The first kappa shape index (κ1) is 14.3. The first-order valence-electron chi connectivity index (χ1n) is 7.57. The Balaban J connectivity index is 1.60. The second-order valence-electron chi connectivity index (χ2n) is 5.69. The van der Waals surface area contributed by atoms with Gasteiger partial charge in [0.05, 0.1) is 31.1 Å². The summed E-state index contributed by atoms with van der Waals surface area (Å²) in [5, 5.41) is 6.17. The maximum Gasteiger partial charge on any atom is 0.241 e. The number of morpholine rings is 1. The lowest BCUT2D eigenvalue weighted by atomic mass is 10.0. The monoisotopic (exact) mass is 290 g/mol. The molecule has 0 radical (unpaired) electrons. The van der Waals surface area contributed by atoms with Crippen LogP contribution in [-0.2, 0) is 9.53 Å². The van der Waals surface area contributed by atoms with Crippen molar-refractivity contribution in [3.05, 3.63) is 18.3 Å². The summed E-state index contributed by atoms with van der Waals surface area (Å²) in [5.41, 5.74) is 0.748. The van der Waals surface area contributed by atoms with E-state index in [1.165, 1.54) is 0 Å². The summed E-state index contributed by atoms with van der Waals surface area (Å²) in [6, 6.07) is 3.77. The third kappa shape index (κ3) is 3.33. The number of carbonyl (C=O) groups is 1. The minimum atomic E-state index is -0.0936. The van der Waals surface area contributed by atoms with E-state index in [0.29, 0.717) is 5.92 Å². The lowest BCUT2D eigenvalue weighted by molar-refractivity contribution is -0.118. The summed E-state index contributed by atoms with van der Waals surface area (Å²) >= 11 is 0. The molecule has 3 rings (SSSR count). The van der Waals surface area contributed by atoms with Gasteiger partial charge in [-0.3, -0.25) is 4.79 Å². The number of carbonyl (C=O) groups excluding carboxylic acids is 1. The minimum absolute atomic E-state index is 0.0286. The van der Waals surface area contributed by atoms with E-state index in [1.54, 1.807) is 6.20 Å². The lowest BCUT2D eigenvalue weighted by Crippen LogP contribution is -2.39. The van der Waals surface area contributed by atoms with Crippen molar-refractivity contribution in [2.75, 3.05) is 43.1 Å². The van der Waals surface area contributed by atoms with Gasteiger partial charge in [0.2, 0.25) is 5.91 Å². The normalized spacial score (nSPS) is 25.9. The molecule has 3 heterocycles. The van der Waals surface area contributed by atoms with Crippen LogP contribution >= 0.6 is 0 Å². The van der Waals surface area contributed by atoms with E-state index >= 15 is 0 Å². The lowest BCUT2D eigenvalue weighted by Gasteiger charge is -2.27. The molecule has 0 aromatic carbocycles. The fourth-order valence-electron chi connectivity index (χ4n) is 2.84.